The molecule has 0 aromatic carbocycles. The third-order valence-corrected chi connectivity index (χ3v) is 1.90. The van der Waals surface area contributed by atoms with Gasteiger partial charge >= 0.3 is 5.97 Å². The van der Waals surface area contributed by atoms with Crippen molar-refractivity contribution in [3.8, 4) is 0 Å². The Labute approximate surface area is 94.0 Å². The maximum absolute atomic E-state index is 10.6. The van der Waals surface area contributed by atoms with Crippen molar-refractivity contribution < 1.29 is 19.4 Å². The monoisotopic (exact) mass is 225 g/mol. The summed E-state index contributed by atoms with van der Waals surface area (Å²) < 4.78 is 10.4. The molecule has 0 unspecified atom stereocenters. The fourth-order valence-corrected chi connectivity index (χ4v) is 1.08. The van der Waals surface area contributed by atoms with E-state index in [1.165, 1.54) is 12.3 Å². The molecule has 5 heteroatoms. The zero-order valence-corrected chi connectivity index (χ0v) is 9.18. The maximum atomic E-state index is 10.6. The van der Waals surface area contributed by atoms with E-state index in [0.29, 0.717) is 32.1 Å². The molecule has 16 heavy (non-hydrogen) atoms. The number of pyridine rings is 1. The molecule has 1 aromatic heterocycles. The van der Waals surface area contributed by atoms with Crippen molar-refractivity contribution in [1.29, 1.82) is 0 Å². The SMILES string of the molecule is CCOCCOCc1ccc(C(=O)O)cn1. The van der Waals surface area contributed by atoms with Crippen molar-refractivity contribution in [3.63, 3.8) is 0 Å². The van der Waals surface area contributed by atoms with E-state index in [9.17, 15) is 4.79 Å². The van der Waals surface area contributed by atoms with Crippen molar-refractivity contribution >= 4 is 5.97 Å². The molecule has 0 spiro atoms. The zero-order valence-electron chi connectivity index (χ0n) is 9.18. The summed E-state index contributed by atoms with van der Waals surface area (Å²) >= 11 is 0. The van der Waals surface area contributed by atoms with Crippen LogP contribution < -0.4 is 0 Å². The first-order valence-electron chi connectivity index (χ1n) is 5.07. The zero-order chi connectivity index (χ0) is 11.8. The van der Waals surface area contributed by atoms with Crippen LogP contribution in [0.3, 0.4) is 0 Å². The van der Waals surface area contributed by atoms with Gasteiger partial charge in [0.25, 0.3) is 0 Å². The van der Waals surface area contributed by atoms with Gasteiger partial charge in [-0.1, -0.05) is 0 Å². The molecule has 0 saturated carbocycles. The molecule has 1 aromatic rings. The summed E-state index contributed by atoms with van der Waals surface area (Å²) in [6.07, 6.45) is 1.32. The van der Waals surface area contributed by atoms with Crippen LogP contribution in [-0.2, 0) is 16.1 Å². The lowest BCUT2D eigenvalue weighted by Gasteiger charge is -2.04. The van der Waals surface area contributed by atoms with E-state index in [0.717, 1.165) is 0 Å². The Morgan fingerprint density at radius 2 is 2.12 bits per heavy atom. The second kappa shape index (κ2) is 6.92. The standard InChI is InChI=1S/C11H15NO4/c1-2-15-5-6-16-8-10-4-3-9(7-12-10)11(13)14/h3-4,7H,2,5-6,8H2,1H3,(H,13,14). The van der Waals surface area contributed by atoms with E-state index in [4.69, 9.17) is 14.6 Å². The molecule has 0 radical (unpaired) electrons. The van der Waals surface area contributed by atoms with Crippen molar-refractivity contribution in [2.45, 2.75) is 13.5 Å². The fourth-order valence-electron chi connectivity index (χ4n) is 1.08. The summed E-state index contributed by atoms with van der Waals surface area (Å²) in [6, 6.07) is 3.15. The molecule has 0 bridgehead atoms. The molecule has 0 aliphatic carbocycles. The van der Waals surface area contributed by atoms with Gasteiger partial charge in [0, 0.05) is 12.8 Å². The minimum atomic E-state index is -0.976. The summed E-state index contributed by atoms with van der Waals surface area (Å²) in [4.78, 5) is 14.5. The molecule has 1 heterocycles. The number of hydrogen-bond acceptors (Lipinski definition) is 4. The molecule has 0 aliphatic heterocycles. The van der Waals surface area contributed by atoms with Crippen molar-refractivity contribution in [2.24, 2.45) is 0 Å². The lowest BCUT2D eigenvalue weighted by molar-refractivity contribution is 0.0441. The number of nitrogens with zero attached hydrogens (tertiary/aromatic N) is 1. The minimum absolute atomic E-state index is 0.179. The van der Waals surface area contributed by atoms with Crippen molar-refractivity contribution in [2.75, 3.05) is 19.8 Å². The van der Waals surface area contributed by atoms with Crippen LogP contribution >= 0.6 is 0 Å². The second-order valence-electron chi connectivity index (χ2n) is 3.09. The number of aromatic nitrogens is 1. The quantitative estimate of drug-likeness (QED) is 0.709. The Morgan fingerprint density at radius 1 is 1.38 bits per heavy atom. The van der Waals surface area contributed by atoms with Gasteiger partial charge in [-0.25, -0.2) is 4.79 Å². The molecule has 88 valence electrons. The highest BCUT2D eigenvalue weighted by Gasteiger charge is 2.02. The molecule has 1 rings (SSSR count). The Kier molecular flexibility index (Phi) is 5.45. The Morgan fingerprint density at radius 3 is 2.69 bits per heavy atom. The summed E-state index contributed by atoms with van der Waals surface area (Å²) in [5.41, 5.74) is 0.888. The number of rotatable bonds is 7. The molecule has 0 saturated heterocycles. The van der Waals surface area contributed by atoms with E-state index < -0.39 is 5.97 Å². The topological polar surface area (TPSA) is 68.7 Å². The predicted octanol–water partition coefficient (Wildman–Crippen LogP) is 1.33. The molecule has 0 fully saturated rings. The first kappa shape index (κ1) is 12.6. The van der Waals surface area contributed by atoms with Gasteiger partial charge in [0.05, 0.1) is 31.1 Å². The van der Waals surface area contributed by atoms with Crippen LogP contribution in [0.4, 0.5) is 0 Å². The van der Waals surface area contributed by atoms with Gasteiger partial charge in [-0.15, -0.1) is 0 Å². The highest BCUT2D eigenvalue weighted by Crippen LogP contribution is 2.01. The maximum Gasteiger partial charge on any atom is 0.337 e. The number of carboxylic acids is 1. The average Bonchev–Trinajstić information content (AvgIpc) is 2.29. The van der Waals surface area contributed by atoms with Crippen LogP contribution in [0.2, 0.25) is 0 Å². The molecular formula is C11H15NO4. The van der Waals surface area contributed by atoms with Crippen LogP contribution in [-0.4, -0.2) is 35.9 Å². The largest absolute Gasteiger partial charge is 0.478 e. The van der Waals surface area contributed by atoms with Gasteiger partial charge < -0.3 is 14.6 Å². The predicted molar refractivity (Wildman–Crippen MR) is 57.3 cm³/mol. The third kappa shape index (κ3) is 4.37. The van der Waals surface area contributed by atoms with E-state index in [1.807, 2.05) is 6.92 Å². The van der Waals surface area contributed by atoms with Crippen LogP contribution in [0, 0.1) is 0 Å². The lowest BCUT2D eigenvalue weighted by Crippen LogP contribution is -2.05. The Hall–Kier alpha value is -1.46. The molecular weight excluding hydrogens is 210 g/mol. The summed E-state index contributed by atoms with van der Waals surface area (Å²) in [6.45, 7) is 4.04. The lowest BCUT2D eigenvalue weighted by atomic mass is 10.2. The van der Waals surface area contributed by atoms with Crippen LogP contribution in [0.1, 0.15) is 23.0 Å². The van der Waals surface area contributed by atoms with Crippen LogP contribution in [0.5, 0.6) is 0 Å². The van der Waals surface area contributed by atoms with Gasteiger partial charge in [0.1, 0.15) is 0 Å². The van der Waals surface area contributed by atoms with E-state index in [-0.39, 0.29) is 5.56 Å². The highest BCUT2D eigenvalue weighted by molar-refractivity contribution is 5.87. The van der Waals surface area contributed by atoms with Gasteiger partial charge in [-0.05, 0) is 19.1 Å². The smallest absolute Gasteiger partial charge is 0.337 e. The highest BCUT2D eigenvalue weighted by atomic mass is 16.5. The normalized spacial score (nSPS) is 10.3. The molecule has 0 aliphatic rings. The molecule has 0 atom stereocenters. The average molecular weight is 225 g/mol. The summed E-state index contributed by atoms with van der Waals surface area (Å²) in [5.74, 6) is -0.976. The van der Waals surface area contributed by atoms with Gasteiger partial charge in [-0.2, -0.15) is 0 Å². The van der Waals surface area contributed by atoms with Crippen LogP contribution in [0.25, 0.3) is 0 Å². The molecule has 5 nitrogen and oxygen atoms in total. The number of hydrogen-bond donors (Lipinski definition) is 1. The fraction of sp³-hybridized carbons (Fsp3) is 0.455. The van der Waals surface area contributed by atoms with Gasteiger partial charge in [0.2, 0.25) is 0 Å². The molecule has 0 amide bonds. The van der Waals surface area contributed by atoms with Crippen molar-refractivity contribution in [3.05, 3.63) is 29.6 Å². The number of aromatic carboxylic acids is 1. The Bertz CT molecular complexity index is 323. The Balaban J connectivity index is 2.29. The minimum Gasteiger partial charge on any atom is -0.478 e. The van der Waals surface area contributed by atoms with Crippen molar-refractivity contribution in [1.82, 2.24) is 4.98 Å². The van der Waals surface area contributed by atoms with E-state index in [1.54, 1.807) is 6.07 Å². The number of ether oxygens (including phenoxy) is 2. The summed E-state index contributed by atoms with van der Waals surface area (Å²) in [7, 11) is 0. The first-order chi connectivity index (χ1) is 7.74. The summed E-state index contributed by atoms with van der Waals surface area (Å²) in [5, 5.41) is 8.66. The van der Waals surface area contributed by atoms with E-state index in [2.05, 4.69) is 4.98 Å². The first-order valence-corrected chi connectivity index (χ1v) is 5.07. The second-order valence-corrected chi connectivity index (χ2v) is 3.09. The van der Waals surface area contributed by atoms with Gasteiger partial charge in [-0.3, -0.25) is 4.98 Å². The third-order valence-electron chi connectivity index (χ3n) is 1.90. The molecule has 1 N–H and O–H groups in total. The van der Waals surface area contributed by atoms with Gasteiger partial charge in [0.15, 0.2) is 0 Å². The van der Waals surface area contributed by atoms with Crippen LogP contribution in [0.15, 0.2) is 18.3 Å². The number of carboxylic acid groups (broad SMARTS) is 1. The number of carbonyl (C=O) groups is 1. The van der Waals surface area contributed by atoms with E-state index >= 15 is 0 Å².